The second kappa shape index (κ2) is 4.74. The highest BCUT2D eigenvalue weighted by Gasteiger charge is 2.02. The standard InChI is InChI=1S/C10H13NO2/c1-11-6-10(13)9-4-2-8(7-12)3-5-9/h2-5,11-12H,6-7H2,1H3. The van der Waals surface area contributed by atoms with Gasteiger partial charge in [-0.25, -0.2) is 0 Å². The van der Waals surface area contributed by atoms with E-state index in [0.29, 0.717) is 12.1 Å². The maximum absolute atomic E-state index is 11.3. The average molecular weight is 179 g/mol. The summed E-state index contributed by atoms with van der Waals surface area (Å²) in [5.74, 6) is 0.0620. The summed E-state index contributed by atoms with van der Waals surface area (Å²) in [5, 5.41) is 11.6. The molecular formula is C10H13NO2. The molecule has 0 unspecified atom stereocenters. The summed E-state index contributed by atoms with van der Waals surface area (Å²) >= 11 is 0. The number of ketones is 1. The van der Waals surface area contributed by atoms with Crippen molar-refractivity contribution in [1.82, 2.24) is 5.32 Å². The van der Waals surface area contributed by atoms with Crippen LogP contribution in [0.5, 0.6) is 0 Å². The first kappa shape index (κ1) is 9.89. The molecule has 0 aromatic heterocycles. The van der Waals surface area contributed by atoms with E-state index >= 15 is 0 Å². The Kier molecular flexibility index (Phi) is 3.61. The highest BCUT2D eigenvalue weighted by Crippen LogP contribution is 2.04. The minimum Gasteiger partial charge on any atom is -0.392 e. The topological polar surface area (TPSA) is 49.3 Å². The zero-order valence-corrected chi connectivity index (χ0v) is 7.58. The van der Waals surface area contributed by atoms with Crippen LogP contribution < -0.4 is 5.32 Å². The fourth-order valence-electron chi connectivity index (χ4n) is 1.06. The number of nitrogens with one attached hydrogen (secondary N) is 1. The summed E-state index contributed by atoms with van der Waals surface area (Å²) in [6.45, 7) is 0.360. The maximum atomic E-state index is 11.3. The molecule has 0 aliphatic carbocycles. The van der Waals surface area contributed by atoms with Gasteiger partial charge in [0, 0.05) is 5.56 Å². The molecule has 0 amide bonds. The van der Waals surface area contributed by atoms with Gasteiger partial charge in [-0.15, -0.1) is 0 Å². The third kappa shape index (κ3) is 2.65. The molecule has 0 radical (unpaired) electrons. The molecular weight excluding hydrogens is 166 g/mol. The second-order valence-corrected chi connectivity index (χ2v) is 2.81. The first-order chi connectivity index (χ1) is 6.27. The van der Waals surface area contributed by atoms with Crippen LogP contribution in [0.15, 0.2) is 24.3 Å². The van der Waals surface area contributed by atoms with E-state index in [2.05, 4.69) is 5.32 Å². The lowest BCUT2D eigenvalue weighted by molar-refractivity contribution is 0.0993. The predicted octanol–water partition coefficient (Wildman–Crippen LogP) is 0.581. The van der Waals surface area contributed by atoms with Gasteiger partial charge in [0.15, 0.2) is 5.78 Å². The highest BCUT2D eigenvalue weighted by molar-refractivity contribution is 5.97. The van der Waals surface area contributed by atoms with E-state index in [0.717, 1.165) is 5.56 Å². The summed E-state index contributed by atoms with van der Waals surface area (Å²) in [6, 6.07) is 6.96. The monoisotopic (exact) mass is 179 g/mol. The Morgan fingerprint density at radius 1 is 1.38 bits per heavy atom. The molecule has 0 heterocycles. The SMILES string of the molecule is CNCC(=O)c1ccc(CO)cc1. The Labute approximate surface area is 77.4 Å². The van der Waals surface area contributed by atoms with E-state index in [4.69, 9.17) is 5.11 Å². The first-order valence-electron chi connectivity index (χ1n) is 4.15. The smallest absolute Gasteiger partial charge is 0.176 e. The van der Waals surface area contributed by atoms with E-state index in [-0.39, 0.29) is 12.4 Å². The van der Waals surface area contributed by atoms with Crippen molar-refractivity contribution in [2.24, 2.45) is 0 Å². The number of benzene rings is 1. The summed E-state index contributed by atoms with van der Waals surface area (Å²) in [5.41, 5.74) is 1.49. The van der Waals surface area contributed by atoms with Crippen molar-refractivity contribution in [1.29, 1.82) is 0 Å². The molecule has 0 aliphatic heterocycles. The summed E-state index contributed by atoms with van der Waals surface area (Å²) in [7, 11) is 1.74. The van der Waals surface area contributed by atoms with Crippen molar-refractivity contribution in [2.75, 3.05) is 13.6 Å². The van der Waals surface area contributed by atoms with Crippen molar-refractivity contribution >= 4 is 5.78 Å². The molecule has 3 heteroatoms. The Morgan fingerprint density at radius 3 is 2.46 bits per heavy atom. The summed E-state index contributed by atoms with van der Waals surface area (Å²) in [4.78, 5) is 11.3. The molecule has 2 N–H and O–H groups in total. The molecule has 0 saturated heterocycles. The number of Topliss-reactive ketones (excluding diaryl/α,β-unsaturated/α-hetero) is 1. The van der Waals surface area contributed by atoms with E-state index in [1.807, 2.05) is 0 Å². The van der Waals surface area contributed by atoms with Crippen molar-refractivity contribution < 1.29 is 9.90 Å². The van der Waals surface area contributed by atoms with Gasteiger partial charge in [0.2, 0.25) is 0 Å². The molecule has 0 aliphatic rings. The van der Waals surface area contributed by atoms with Gasteiger partial charge >= 0.3 is 0 Å². The van der Waals surface area contributed by atoms with E-state index in [1.165, 1.54) is 0 Å². The van der Waals surface area contributed by atoms with Gasteiger partial charge in [-0.05, 0) is 12.6 Å². The van der Waals surface area contributed by atoms with Crippen LogP contribution in [0.3, 0.4) is 0 Å². The molecule has 70 valence electrons. The number of carbonyl (C=O) groups excluding carboxylic acids is 1. The highest BCUT2D eigenvalue weighted by atomic mass is 16.3. The first-order valence-corrected chi connectivity index (χ1v) is 4.15. The molecule has 1 aromatic carbocycles. The molecule has 3 nitrogen and oxygen atoms in total. The van der Waals surface area contributed by atoms with Gasteiger partial charge in [0.1, 0.15) is 0 Å². The van der Waals surface area contributed by atoms with Gasteiger partial charge in [-0.3, -0.25) is 4.79 Å². The fourth-order valence-corrected chi connectivity index (χ4v) is 1.06. The zero-order chi connectivity index (χ0) is 9.68. The Bertz CT molecular complexity index is 279. The third-order valence-electron chi connectivity index (χ3n) is 1.80. The Morgan fingerprint density at radius 2 is 2.00 bits per heavy atom. The molecule has 1 aromatic rings. The van der Waals surface area contributed by atoms with Crippen LogP contribution in [0.4, 0.5) is 0 Å². The van der Waals surface area contributed by atoms with Crippen molar-refractivity contribution in [3.05, 3.63) is 35.4 Å². The molecule has 0 spiro atoms. The van der Waals surface area contributed by atoms with Gasteiger partial charge in [0.25, 0.3) is 0 Å². The zero-order valence-electron chi connectivity index (χ0n) is 7.58. The number of hydrogen-bond acceptors (Lipinski definition) is 3. The second-order valence-electron chi connectivity index (χ2n) is 2.81. The van der Waals surface area contributed by atoms with Gasteiger partial charge in [0.05, 0.1) is 13.2 Å². The third-order valence-corrected chi connectivity index (χ3v) is 1.80. The number of carbonyl (C=O) groups is 1. The lowest BCUT2D eigenvalue weighted by Gasteiger charge is -2.00. The molecule has 0 saturated carbocycles. The van der Waals surface area contributed by atoms with Gasteiger partial charge in [-0.1, -0.05) is 24.3 Å². The van der Waals surface area contributed by atoms with Crippen LogP contribution in [0.25, 0.3) is 0 Å². The van der Waals surface area contributed by atoms with Crippen LogP contribution in [-0.4, -0.2) is 24.5 Å². The Hall–Kier alpha value is -1.19. The minimum absolute atomic E-state index is 0.0144. The van der Waals surface area contributed by atoms with Crippen LogP contribution in [0, 0.1) is 0 Å². The molecule has 0 atom stereocenters. The van der Waals surface area contributed by atoms with Crippen LogP contribution in [-0.2, 0) is 6.61 Å². The minimum atomic E-state index is 0.0144. The predicted molar refractivity (Wildman–Crippen MR) is 50.6 cm³/mol. The molecule has 13 heavy (non-hydrogen) atoms. The molecule has 0 bridgehead atoms. The normalized spacial score (nSPS) is 10.0. The lowest BCUT2D eigenvalue weighted by Crippen LogP contribution is -2.18. The quantitative estimate of drug-likeness (QED) is 0.665. The summed E-state index contributed by atoms with van der Waals surface area (Å²) in [6.07, 6.45) is 0. The number of aliphatic hydroxyl groups excluding tert-OH is 1. The number of rotatable bonds is 4. The molecule has 1 rings (SSSR count). The van der Waals surface area contributed by atoms with Crippen molar-refractivity contribution in [3.63, 3.8) is 0 Å². The average Bonchev–Trinajstić information content (AvgIpc) is 2.18. The van der Waals surface area contributed by atoms with Gasteiger partial charge in [-0.2, -0.15) is 0 Å². The van der Waals surface area contributed by atoms with Crippen LogP contribution >= 0.6 is 0 Å². The van der Waals surface area contributed by atoms with Crippen LogP contribution in [0.1, 0.15) is 15.9 Å². The Balaban J connectivity index is 2.74. The number of aliphatic hydroxyl groups is 1. The maximum Gasteiger partial charge on any atom is 0.176 e. The van der Waals surface area contributed by atoms with E-state index in [9.17, 15) is 4.79 Å². The van der Waals surface area contributed by atoms with Crippen molar-refractivity contribution in [3.8, 4) is 0 Å². The largest absolute Gasteiger partial charge is 0.392 e. The van der Waals surface area contributed by atoms with Gasteiger partial charge < -0.3 is 10.4 Å². The van der Waals surface area contributed by atoms with Crippen molar-refractivity contribution in [2.45, 2.75) is 6.61 Å². The number of hydrogen-bond donors (Lipinski definition) is 2. The van der Waals surface area contributed by atoms with E-state index < -0.39 is 0 Å². The molecule has 0 fully saturated rings. The number of likely N-dealkylation sites (N-methyl/N-ethyl adjacent to an activating group) is 1. The lowest BCUT2D eigenvalue weighted by atomic mass is 10.1. The fraction of sp³-hybridized carbons (Fsp3) is 0.300. The summed E-state index contributed by atoms with van der Waals surface area (Å²) < 4.78 is 0. The van der Waals surface area contributed by atoms with E-state index in [1.54, 1.807) is 31.3 Å². The van der Waals surface area contributed by atoms with Crippen LogP contribution in [0.2, 0.25) is 0 Å².